The first kappa shape index (κ1) is 25.9. The molecule has 0 amide bonds. The quantitative estimate of drug-likeness (QED) is 0.167. The van der Waals surface area contributed by atoms with Gasteiger partial charge in [0, 0.05) is 0 Å². The van der Waals surface area contributed by atoms with Crippen molar-refractivity contribution in [1.82, 2.24) is 0 Å². The Bertz CT molecular complexity index is 294. The van der Waals surface area contributed by atoms with Crippen LogP contribution in [0.5, 0.6) is 0 Å². The van der Waals surface area contributed by atoms with Crippen LogP contribution >= 0.6 is 23.0 Å². The Kier molecular flexibility index (Phi) is 23.3. The smallest absolute Gasteiger partial charge is 1.00 e. The summed E-state index contributed by atoms with van der Waals surface area (Å²) in [6.45, 7) is 2.71. The first-order chi connectivity index (χ1) is 10.7. The third-order valence-corrected chi connectivity index (χ3v) is 4.12. The van der Waals surface area contributed by atoms with Crippen LogP contribution in [0.1, 0.15) is 91.8 Å². The molecule has 0 aliphatic heterocycles. The van der Waals surface area contributed by atoms with E-state index in [2.05, 4.69) is 9.99 Å². The molecule has 0 saturated heterocycles. The van der Waals surface area contributed by atoms with Gasteiger partial charge in [0.15, 0.2) is 23.0 Å². The van der Waals surface area contributed by atoms with Crippen LogP contribution in [0.25, 0.3) is 0 Å². The summed E-state index contributed by atoms with van der Waals surface area (Å²) in [6.07, 6.45) is 14.2. The molecule has 0 unspecified atom stereocenters. The number of unbranched alkanes of at least 4 members (excludes halogenated alkanes) is 10. The maximum Gasteiger partial charge on any atom is 1.00 e. The number of rotatable bonds is 15. The molecule has 0 spiro atoms. The SMILES string of the molecule is CCCCCCCCCCCCCOC(=O)CCC(=O)OI.[H-].[Na+]. The van der Waals surface area contributed by atoms with Crippen molar-refractivity contribution in [2.24, 2.45) is 0 Å². The maximum atomic E-state index is 11.3. The summed E-state index contributed by atoms with van der Waals surface area (Å²) in [5.74, 6) is -0.693. The van der Waals surface area contributed by atoms with Crippen molar-refractivity contribution in [3.63, 3.8) is 0 Å². The Hall–Kier alpha value is 0.670. The van der Waals surface area contributed by atoms with E-state index in [9.17, 15) is 9.59 Å². The standard InChI is InChI=1S/C17H31IO4.Na.H/c1-2-3-4-5-6-7-8-9-10-11-12-15-21-16(19)13-14-17(20)22-18;;/h2-15H2,1H3;;/q;+1;-1. The molecule has 0 aromatic heterocycles. The van der Waals surface area contributed by atoms with Gasteiger partial charge in [0.2, 0.25) is 0 Å². The van der Waals surface area contributed by atoms with Gasteiger partial charge in [-0.05, 0) is 6.42 Å². The third-order valence-electron chi connectivity index (χ3n) is 3.63. The normalized spacial score (nSPS) is 10.0. The average Bonchev–Trinajstić information content (AvgIpc) is 2.53. The zero-order valence-corrected chi connectivity index (χ0v) is 19.1. The van der Waals surface area contributed by atoms with Crippen molar-refractivity contribution < 1.29 is 48.4 Å². The van der Waals surface area contributed by atoms with Gasteiger partial charge in [0.05, 0.1) is 19.4 Å². The van der Waals surface area contributed by atoms with Crippen molar-refractivity contribution in [3.8, 4) is 0 Å². The number of carbonyl (C=O) groups excluding carboxylic acids is 2. The second kappa shape index (κ2) is 20.7. The Morgan fingerprint density at radius 2 is 1.22 bits per heavy atom. The van der Waals surface area contributed by atoms with E-state index >= 15 is 0 Å². The summed E-state index contributed by atoms with van der Waals surface area (Å²) in [4.78, 5) is 22.2. The largest absolute Gasteiger partial charge is 1.00 e. The molecule has 0 aliphatic carbocycles. The molecule has 132 valence electrons. The molecule has 0 atom stereocenters. The van der Waals surface area contributed by atoms with Gasteiger partial charge < -0.3 is 9.23 Å². The zero-order valence-electron chi connectivity index (χ0n) is 15.9. The van der Waals surface area contributed by atoms with Crippen LogP contribution in [0.3, 0.4) is 0 Å². The topological polar surface area (TPSA) is 52.6 Å². The van der Waals surface area contributed by atoms with Gasteiger partial charge in [0.1, 0.15) is 0 Å². The number of esters is 1. The van der Waals surface area contributed by atoms with Crippen molar-refractivity contribution in [2.45, 2.75) is 90.4 Å². The van der Waals surface area contributed by atoms with Crippen LogP contribution in [0, 0.1) is 0 Å². The first-order valence-electron chi connectivity index (χ1n) is 8.67. The molecule has 0 bridgehead atoms. The van der Waals surface area contributed by atoms with E-state index in [1.807, 2.05) is 0 Å². The van der Waals surface area contributed by atoms with Crippen LogP contribution < -0.4 is 29.6 Å². The fourth-order valence-electron chi connectivity index (χ4n) is 2.27. The van der Waals surface area contributed by atoms with E-state index in [4.69, 9.17) is 4.74 Å². The van der Waals surface area contributed by atoms with Gasteiger partial charge in [-0.3, -0.25) is 9.59 Å². The monoisotopic (exact) mass is 450 g/mol. The molecule has 23 heavy (non-hydrogen) atoms. The van der Waals surface area contributed by atoms with E-state index in [1.54, 1.807) is 0 Å². The van der Waals surface area contributed by atoms with Gasteiger partial charge in [-0.2, -0.15) is 0 Å². The van der Waals surface area contributed by atoms with Crippen molar-refractivity contribution in [2.75, 3.05) is 6.61 Å². The van der Waals surface area contributed by atoms with Crippen LogP contribution in [-0.4, -0.2) is 18.5 Å². The number of halogens is 1. The minimum Gasteiger partial charge on any atom is -1.00 e. The molecule has 0 heterocycles. The predicted octanol–water partition coefficient (Wildman–Crippen LogP) is 2.63. The minimum absolute atomic E-state index is 0. The predicted molar refractivity (Wildman–Crippen MR) is 97.9 cm³/mol. The van der Waals surface area contributed by atoms with E-state index < -0.39 is 0 Å². The van der Waals surface area contributed by atoms with Gasteiger partial charge in [-0.15, -0.1) is 0 Å². The molecule has 0 aromatic rings. The molecule has 0 radical (unpaired) electrons. The van der Waals surface area contributed by atoms with Gasteiger partial charge in [-0.1, -0.05) is 71.1 Å². The van der Waals surface area contributed by atoms with E-state index in [-0.39, 0.29) is 55.8 Å². The molecule has 6 heteroatoms. The van der Waals surface area contributed by atoms with Gasteiger partial charge >= 0.3 is 41.5 Å². The van der Waals surface area contributed by atoms with E-state index in [0.717, 1.165) is 12.8 Å². The number of hydrogen-bond acceptors (Lipinski definition) is 4. The molecule has 0 fully saturated rings. The molecule has 0 saturated carbocycles. The summed E-state index contributed by atoms with van der Waals surface area (Å²) in [7, 11) is 0. The first-order valence-corrected chi connectivity index (χ1v) is 9.55. The van der Waals surface area contributed by atoms with Crippen LogP contribution in [-0.2, 0) is 17.4 Å². The number of carbonyl (C=O) groups is 2. The Morgan fingerprint density at radius 3 is 1.70 bits per heavy atom. The molecule has 0 aromatic carbocycles. The number of hydrogen-bond donors (Lipinski definition) is 0. The number of ether oxygens (including phenoxy) is 1. The van der Waals surface area contributed by atoms with Crippen LogP contribution in [0.2, 0.25) is 0 Å². The average molecular weight is 450 g/mol. The third kappa shape index (κ3) is 20.6. The molecular formula is C17H32INaO4. The van der Waals surface area contributed by atoms with Crippen LogP contribution in [0.15, 0.2) is 0 Å². The van der Waals surface area contributed by atoms with Crippen molar-refractivity contribution in [3.05, 3.63) is 0 Å². The molecule has 0 rings (SSSR count). The van der Waals surface area contributed by atoms with Crippen LogP contribution in [0.4, 0.5) is 0 Å². The van der Waals surface area contributed by atoms with Gasteiger partial charge in [0.25, 0.3) is 0 Å². The summed E-state index contributed by atoms with van der Waals surface area (Å²) in [5, 5.41) is 0. The van der Waals surface area contributed by atoms with Crippen molar-refractivity contribution >= 4 is 34.9 Å². The molecule has 4 nitrogen and oxygen atoms in total. The second-order valence-electron chi connectivity index (χ2n) is 5.71. The fourth-order valence-corrected chi connectivity index (χ4v) is 2.49. The summed E-state index contributed by atoms with van der Waals surface area (Å²) in [5.41, 5.74) is 0. The summed E-state index contributed by atoms with van der Waals surface area (Å²) in [6, 6.07) is 0. The Morgan fingerprint density at radius 1 is 0.783 bits per heavy atom. The minimum atomic E-state index is -0.382. The summed E-state index contributed by atoms with van der Waals surface area (Å²) < 4.78 is 9.51. The maximum absolute atomic E-state index is 11.3. The van der Waals surface area contributed by atoms with Gasteiger partial charge in [-0.25, -0.2) is 0 Å². The Balaban J connectivity index is -0.00000220. The summed E-state index contributed by atoms with van der Waals surface area (Å²) >= 11 is 1.52. The van der Waals surface area contributed by atoms with E-state index in [1.165, 1.54) is 80.8 Å². The van der Waals surface area contributed by atoms with E-state index in [0.29, 0.717) is 6.61 Å². The Labute approximate surface area is 179 Å². The molecule has 0 N–H and O–H groups in total. The molecule has 0 aliphatic rings. The van der Waals surface area contributed by atoms with Crippen molar-refractivity contribution in [1.29, 1.82) is 0 Å². The zero-order chi connectivity index (χ0) is 16.5. The fraction of sp³-hybridized carbons (Fsp3) is 0.882. The molecular weight excluding hydrogens is 418 g/mol. The second-order valence-corrected chi connectivity index (χ2v) is 6.15.